The Hall–Kier alpha value is -1.29. The van der Waals surface area contributed by atoms with Crippen LogP contribution in [-0.2, 0) is 30.0 Å². The van der Waals surface area contributed by atoms with Gasteiger partial charge in [-0.15, -0.1) is 0 Å². The van der Waals surface area contributed by atoms with E-state index in [2.05, 4.69) is 9.44 Å². The van der Waals surface area contributed by atoms with Crippen molar-refractivity contribution < 1.29 is 46.6 Å². The summed E-state index contributed by atoms with van der Waals surface area (Å²) in [6.45, 7) is -0.633. The van der Waals surface area contributed by atoms with Crippen LogP contribution >= 0.6 is 12.0 Å². The second kappa shape index (κ2) is 9.77. The van der Waals surface area contributed by atoms with E-state index in [1.807, 2.05) is 0 Å². The summed E-state index contributed by atoms with van der Waals surface area (Å²) in [7, 11) is -4.84. The summed E-state index contributed by atoms with van der Waals surface area (Å²) in [5.41, 5.74) is 0.708. The lowest BCUT2D eigenvalue weighted by molar-refractivity contribution is -0.274. The fourth-order valence-corrected chi connectivity index (χ4v) is 3.08. The fourth-order valence-electron chi connectivity index (χ4n) is 2.19. The van der Waals surface area contributed by atoms with Gasteiger partial charge < -0.3 is 25.2 Å². The van der Waals surface area contributed by atoms with Gasteiger partial charge in [0.05, 0.1) is 18.6 Å². The van der Waals surface area contributed by atoms with E-state index in [0.717, 1.165) is 0 Å². The Morgan fingerprint density at radius 3 is 2.41 bits per heavy atom. The highest BCUT2D eigenvalue weighted by Gasteiger charge is 2.44. The normalized spacial score (nSPS) is 29.5. The van der Waals surface area contributed by atoms with Gasteiger partial charge in [-0.3, -0.25) is 8.74 Å². The first-order chi connectivity index (χ1) is 12.7. The molecule has 27 heavy (non-hydrogen) atoms. The number of rotatable bonds is 7. The van der Waals surface area contributed by atoms with Crippen LogP contribution in [0.25, 0.3) is 0 Å². The molecule has 13 heteroatoms. The molecule has 11 nitrogen and oxygen atoms in total. The van der Waals surface area contributed by atoms with E-state index >= 15 is 0 Å². The zero-order chi connectivity index (χ0) is 20.0. The lowest BCUT2D eigenvalue weighted by atomic mass is 10.00. The van der Waals surface area contributed by atoms with Crippen LogP contribution < -0.4 is 0 Å². The predicted molar refractivity (Wildman–Crippen MR) is 92.7 cm³/mol. The van der Waals surface area contributed by atoms with Gasteiger partial charge in [-0.1, -0.05) is 35.5 Å². The third-order valence-corrected chi connectivity index (χ3v) is 4.48. The van der Waals surface area contributed by atoms with Crippen LogP contribution in [0.2, 0.25) is 0 Å². The van der Waals surface area contributed by atoms with Crippen LogP contribution in [0.15, 0.2) is 35.5 Å². The van der Waals surface area contributed by atoms with Crippen LogP contribution in [0.3, 0.4) is 0 Å². The minimum atomic E-state index is -4.84. The van der Waals surface area contributed by atoms with Crippen molar-refractivity contribution in [3.63, 3.8) is 0 Å². The molecule has 152 valence electrons. The number of ether oxygens (including phenoxy) is 1. The zero-order valence-electron chi connectivity index (χ0n) is 13.7. The standard InChI is InChI=1S/C14H19NO10S2/c16-7-9-11(17)12(18)13(19)14(23-9)24-26-10(15-25-27(20,21)22)6-8-4-2-1-3-5-8/h1-5,9,11-14,16-19H,6-7H2,(H,20,21,22)/b15-10+/t9-,11-,12+,13-,14+/m1/s1. The Morgan fingerprint density at radius 2 is 1.81 bits per heavy atom. The van der Waals surface area contributed by atoms with Gasteiger partial charge in [0.25, 0.3) is 0 Å². The Kier molecular flexibility index (Phi) is 7.96. The van der Waals surface area contributed by atoms with Crippen molar-refractivity contribution in [2.45, 2.75) is 37.1 Å². The Balaban J connectivity index is 2.08. The molecule has 0 saturated carbocycles. The number of aliphatic hydroxyl groups is 4. The molecule has 1 aromatic rings. The Labute approximate surface area is 159 Å². The number of benzene rings is 1. The van der Waals surface area contributed by atoms with Crippen LogP contribution in [0, 0.1) is 0 Å². The first-order valence-corrected chi connectivity index (χ1v) is 9.72. The average Bonchev–Trinajstić information content (AvgIpc) is 2.63. The van der Waals surface area contributed by atoms with Gasteiger partial charge in [0.2, 0.25) is 0 Å². The number of hydrogen-bond acceptors (Lipinski definition) is 11. The molecule has 0 aromatic heterocycles. The van der Waals surface area contributed by atoms with Crippen LogP contribution in [0.5, 0.6) is 0 Å². The summed E-state index contributed by atoms with van der Waals surface area (Å²) in [4.78, 5) is 0. The molecular weight excluding hydrogens is 406 g/mol. The lowest BCUT2D eigenvalue weighted by Crippen LogP contribution is -2.58. The summed E-state index contributed by atoms with van der Waals surface area (Å²) < 4.78 is 44.5. The van der Waals surface area contributed by atoms with Crippen molar-refractivity contribution in [3.8, 4) is 0 Å². The maximum Gasteiger partial charge on any atom is 0.466 e. The van der Waals surface area contributed by atoms with Gasteiger partial charge in [0.15, 0.2) is 6.29 Å². The van der Waals surface area contributed by atoms with E-state index in [1.54, 1.807) is 30.3 Å². The third-order valence-electron chi connectivity index (χ3n) is 3.52. The largest absolute Gasteiger partial charge is 0.466 e. The molecule has 0 spiro atoms. The highest BCUT2D eigenvalue weighted by molar-refractivity contribution is 8.09. The van der Waals surface area contributed by atoms with Gasteiger partial charge in [0.1, 0.15) is 29.5 Å². The second-order valence-electron chi connectivity index (χ2n) is 5.53. The highest BCUT2D eigenvalue weighted by atomic mass is 32.3. The molecule has 1 aromatic carbocycles. The quantitative estimate of drug-likeness (QED) is 0.117. The summed E-state index contributed by atoms with van der Waals surface area (Å²) in [6, 6.07) is 8.68. The number of oxime groups is 1. The summed E-state index contributed by atoms with van der Waals surface area (Å²) in [5.74, 6) is 0. The molecule has 0 unspecified atom stereocenters. The molecule has 2 rings (SSSR count). The van der Waals surface area contributed by atoms with Crippen molar-refractivity contribution in [2.75, 3.05) is 6.61 Å². The minimum Gasteiger partial charge on any atom is -0.394 e. The molecular formula is C14H19NO10S2. The molecule has 5 atom stereocenters. The van der Waals surface area contributed by atoms with Gasteiger partial charge >= 0.3 is 10.4 Å². The monoisotopic (exact) mass is 425 g/mol. The van der Waals surface area contributed by atoms with E-state index in [-0.39, 0.29) is 11.5 Å². The molecule has 1 fully saturated rings. The molecule has 1 aliphatic rings. The SMILES string of the molecule is O=S(=O)(O)O/N=C(\Cc1ccccc1)SO[C@@H]1O[C@H](CO)[C@@H](O)[C@H](O)[C@H]1O. The van der Waals surface area contributed by atoms with Crippen LogP contribution in [0.1, 0.15) is 5.56 Å². The van der Waals surface area contributed by atoms with E-state index in [9.17, 15) is 23.7 Å². The van der Waals surface area contributed by atoms with E-state index < -0.39 is 47.7 Å². The van der Waals surface area contributed by atoms with Crippen molar-refractivity contribution >= 4 is 27.5 Å². The zero-order valence-corrected chi connectivity index (χ0v) is 15.4. The number of aliphatic hydroxyl groups excluding tert-OH is 4. The molecule has 0 radical (unpaired) electrons. The molecule has 1 saturated heterocycles. The van der Waals surface area contributed by atoms with Crippen molar-refractivity contribution in [1.29, 1.82) is 0 Å². The summed E-state index contributed by atoms with van der Waals surface area (Å²) in [6.07, 6.45) is -7.40. The van der Waals surface area contributed by atoms with Gasteiger partial charge in [-0.25, -0.2) is 4.28 Å². The molecule has 0 aliphatic carbocycles. The first kappa shape index (κ1) is 22.0. The third kappa shape index (κ3) is 6.67. The maximum absolute atomic E-state index is 10.7. The van der Waals surface area contributed by atoms with Crippen LogP contribution in [-0.4, -0.2) is 75.8 Å². The van der Waals surface area contributed by atoms with Crippen molar-refractivity contribution in [2.24, 2.45) is 5.16 Å². The van der Waals surface area contributed by atoms with Gasteiger partial charge in [0, 0.05) is 6.42 Å². The smallest absolute Gasteiger partial charge is 0.394 e. The Bertz CT molecular complexity index is 727. The molecule has 1 aliphatic heterocycles. The summed E-state index contributed by atoms with van der Waals surface area (Å²) in [5, 5.41) is 41.8. The lowest BCUT2D eigenvalue weighted by Gasteiger charge is -2.39. The predicted octanol–water partition coefficient (Wildman–Crippen LogP) is -1.17. The molecule has 0 amide bonds. The van der Waals surface area contributed by atoms with Crippen LogP contribution in [0.4, 0.5) is 0 Å². The molecule has 0 bridgehead atoms. The van der Waals surface area contributed by atoms with Gasteiger partial charge in [-0.2, -0.15) is 8.42 Å². The van der Waals surface area contributed by atoms with E-state index in [1.165, 1.54) is 0 Å². The van der Waals surface area contributed by atoms with Crippen molar-refractivity contribution in [1.82, 2.24) is 0 Å². The molecule has 5 N–H and O–H groups in total. The van der Waals surface area contributed by atoms with Gasteiger partial charge in [-0.05, 0) is 5.56 Å². The van der Waals surface area contributed by atoms with Crippen molar-refractivity contribution in [3.05, 3.63) is 35.9 Å². The molecule has 1 heterocycles. The first-order valence-electron chi connectivity index (χ1n) is 7.62. The number of hydrogen-bond donors (Lipinski definition) is 5. The average molecular weight is 425 g/mol. The fraction of sp³-hybridized carbons (Fsp3) is 0.500. The number of nitrogens with zero attached hydrogens (tertiary/aromatic N) is 1. The highest BCUT2D eigenvalue weighted by Crippen LogP contribution is 2.26. The maximum atomic E-state index is 10.7. The van der Waals surface area contributed by atoms with E-state index in [4.69, 9.17) is 18.6 Å². The second-order valence-corrected chi connectivity index (χ2v) is 7.36. The minimum absolute atomic E-state index is 0.0540. The Morgan fingerprint density at radius 1 is 1.15 bits per heavy atom. The topological polar surface area (TPSA) is 175 Å². The van der Waals surface area contributed by atoms with E-state index in [0.29, 0.717) is 17.6 Å². The summed E-state index contributed by atoms with van der Waals surface area (Å²) >= 11 is 0.473.